The van der Waals surface area contributed by atoms with Crippen LogP contribution >= 0.6 is 0 Å². The van der Waals surface area contributed by atoms with Gasteiger partial charge in [0.05, 0.1) is 0 Å². The Bertz CT molecular complexity index is 955. The largest absolute Gasteiger partial charge is 0.462 e. The van der Waals surface area contributed by atoms with Crippen LogP contribution in [0.15, 0.2) is 72.9 Å². The number of esters is 3. The molecule has 272 valence electrons. The Kier molecular flexibility index (Phi) is 34.3. The fourth-order valence-corrected chi connectivity index (χ4v) is 4.64. The van der Waals surface area contributed by atoms with Crippen molar-refractivity contribution in [3.8, 4) is 0 Å². The van der Waals surface area contributed by atoms with E-state index in [2.05, 4.69) is 81.5 Å². The molecule has 6 heteroatoms. The molecule has 1 unspecified atom stereocenters. The summed E-state index contributed by atoms with van der Waals surface area (Å²) in [5.41, 5.74) is 0. The van der Waals surface area contributed by atoms with Crippen molar-refractivity contribution in [2.45, 2.75) is 162 Å². The first-order valence-electron chi connectivity index (χ1n) is 18.9. The second-order valence-corrected chi connectivity index (χ2v) is 12.1. The molecule has 0 aliphatic heterocycles. The zero-order valence-electron chi connectivity index (χ0n) is 30.7. The summed E-state index contributed by atoms with van der Waals surface area (Å²) in [6.07, 6.45) is 43.8. The van der Waals surface area contributed by atoms with Crippen LogP contribution in [0.5, 0.6) is 0 Å². The molecule has 0 rings (SSSR count). The van der Waals surface area contributed by atoms with E-state index in [1.807, 2.05) is 12.2 Å². The zero-order chi connectivity index (χ0) is 35.2. The van der Waals surface area contributed by atoms with Crippen LogP contribution < -0.4 is 0 Å². The lowest BCUT2D eigenvalue weighted by Gasteiger charge is -2.18. The van der Waals surface area contributed by atoms with Crippen molar-refractivity contribution in [1.82, 2.24) is 0 Å². The number of rotatable bonds is 32. The first-order valence-corrected chi connectivity index (χ1v) is 18.9. The third-order valence-corrected chi connectivity index (χ3v) is 7.49. The molecule has 0 bridgehead atoms. The van der Waals surface area contributed by atoms with Crippen molar-refractivity contribution in [3.05, 3.63) is 72.9 Å². The van der Waals surface area contributed by atoms with Crippen molar-refractivity contribution < 1.29 is 28.6 Å². The van der Waals surface area contributed by atoms with Crippen LogP contribution in [0.1, 0.15) is 156 Å². The van der Waals surface area contributed by atoms with E-state index in [-0.39, 0.29) is 37.5 Å². The van der Waals surface area contributed by atoms with Gasteiger partial charge in [0.1, 0.15) is 13.2 Å². The maximum Gasteiger partial charge on any atom is 0.306 e. The summed E-state index contributed by atoms with van der Waals surface area (Å²) >= 11 is 0. The van der Waals surface area contributed by atoms with Crippen LogP contribution in [0.3, 0.4) is 0 Å². The molecule has 0 heterocycles. The van der Waals surface area contributed by atoms with E-state index in [4.69, 9.17) is 14.2 Å². The second kappa shape index (κ2) is 36.7. The molecule has 0 amide bonds. The molecule has 0 aliphatic carbocycles. The van der Waals surface area contributed by atoms with Gasteiger partial charge in [0.15, 0.2) is 6.10 Å². The Hall–Kier alpha value is -3.15. The van der Waals surface area contributed by atoms with Crippen LogP contribution in [-0.2, 0) is 28.6 Å². The quantitative estimate of drug-likeness (QED) is 0.0307. The molecule has 0 saturated carbocycles. The Morgan fingerprint density at radius 2 is 0.812 bits per heavy atom. The van der Waals surface area contributed by atoms with E-state index in [1.54, 1.807) is 0 Å². The minimum absolute atomic E-state index is 0.101. The van der Waals surface area contributed by atoms with Gasteiger partial charge in [-0.05, 0) is 57.8 Å². The van der Waals surface area contributed by atoms with E-state index >= 15 is 0 Å². The highest BCUT2D eigenvalue weighted by molar-refractivity contribution is 5.71. The van der Waals surface area contributed by atoms with Gasteiger partial charge < -0.3 is 14.2 Å². The number of carbonyl (C=O) groups is 3. The molecule has 0 radical (unpaired) electrons. The molecule has 48 heavy (non-hydrogen) atoms. The summed E-state index contributed by atoms with van der Waals surface area (Å²) in [7, 11) is 0. The molecular weight excluding hydrogens is 600 g/mol. The highest BCUT2D eigenvalue weighted by atomic mass is 16.6. The number of hydrogen-bond donors (Lipinski definition) is 0. The summed E-state index contributed by atoms with van der Waals surface area (Å²) in [5.74, 6) is -1.03. The summed E-state index contributed by atoms with van der Waals surface area (Å²) in [4.78, 5) is 37.0. The topological polar surface area (TPSA) is 78.9 Å². The van der Waals surface area contributed by atoms with Crippen molar-refractivity contribution in [2.75, 3.05) is 13.2 Å². The molecule has 0 aliphatic rings. The van der Waals surface area contributed by atoms with Crippen LogP contribution in [0, 0.1) is 0 Å². The van der Waals surface area contributed by atoms with Gasteiger partial charge in [-0.2, -0.15) is 0 Å². The maximum absolute atomic E-state index is 12.4. The highest BCUT2D eigenvalue weighted by Gasteiger charge is 2.19. The smallest absolute Gasteiger partial charge is 0.306 e. The van der Waals surface area contributed by atoms with Crippen LogP contribution in [0.4, 0.5) is 0 Å². The van der Waals surface area contributed by atoms with Crippen LogP contribution in [0.25, 0.3) is 0 Å². The van der Waals surface area contributed by atoms with E-state index in [1.165, 1.54) is 19.3 Å². The lowest BCUT2D eigenvalue weighted by Crippen LogP contribution is -2.30. The lowest BCUT2D eigenvalue weighted by molar-refractivity contribution is -0.166. The van der Waals surface area contributed by atoms with Gasteiger partial charge in [0, 0.05) is 19.3 Å². The molecule has 0 saturated heterocycles. The third kappa shape index (κ3) is 34.2. The third-order valence-electron chi connectivity index (χ3n) is 7.49. The fraction of sp³-hybridized carbons (Fsp3) is 0.643. The van der Waals surface area contributed by atoms with Gasteiger partial charge in [-0.25, -0.2) is 0 Å². The first kappa shape index (κ1) is 44.9. The van der Waals surface area contributed by atoms with Gasteiger partial charge in [0.25, 0.3) is 0 Å². The number of carbonyl (C=O) groups excluding carboxylic acids is 3. The molecule has 6 nitrogen and oxygen atoms in total. The van der Waals surface area contributed by atoms with Crippen molar-refractivity contribution in [3.63, 3.8) is 0 Å². The molecule has 0 aromatic rings. The SMILES string of the molecule is CC/C=C\C/C=C\C/C=C\C/C=C\C/C=C\C/C=C\CCC(=O)OCC(COC(=O)CCCCCCC)OC(=O)CCCCCCCC. The zero-order valence-corrected chi connectivity index (χ0v) is 30.7. The summed E-state index contributed by atoms with van der Waals surface area (Å²) in [6.45, 7) is 6.26. The van der Waals surface area contributed by atoms with Crippen molar-refractivity contribution >= 4 is 17.9 Å². The fourth-order valence-electron chi connectivity index (χ4n) is 4.64. The number of hydrogen-bond acceptors (Lipinski definition) is 6. The van der Waals surface area contributed by atoms with Gasteiger partial charge in [-0.3, -0.25) is 14.4 Å². The number of ether oxygens (including phenoxy) is 3. The van der Waals surface area contributed by atoms with Crippen molar-refractivity contribution in [1.29, 1.82) is 0 Å². The van der Waals surface area contributed by atoms with Crippen LogP contribution in [-0.4, -0.2) is 37.2 Å². The molecule has 1 atom stereocenters. The van der Waals surface area contributed by atoms with E-state index in [9.17, 15) is 14.4 Å². The molecule has 0 aromatic heterocycles. The molecule has 0 spiro atoms. The van der Waals surface area contributed by atoms with E-state index in [0.717, 1.165) is 89.9 Å². The number of allylic oxidation sites excluding steroid dienone is 12. The summed E-state index contributed by atoms with van der Waals surface area (Å²) in [6, 6.07) is 0. The lowest BCUT2D eigenvalue weighted by atomic mass is 10.1. The molecular formula is C42H68O6. The molecule has 0 aromatic carbocycles. The van der Waals surface area contributed by atoms with Gasteiger partial charge in [-0.1, -0.05) is 151 Å². The normalized spacial score (nSPS) is 12.8. The standard InChI is InChI=1S/C42H68O6/c1-4-7-10-13-15-16-17-18-19-20-21-22-23-24-25-26-27-30-32-35-41(44)47-38-39(37-46-40(43)34-31-28-12-9-6-3)48-42(45)36-33-29-14-11-8-5-2/h7,10,15-16,18-19,21-22,24-25,27,30,39H,4-6,8-9,11-14,17,20,23,26,28-29,31-38H2,1-3H3/b10-7-,16-15-,19-18-,22-21-,25-24-,30-27-. The minimum Gasteiger partial charge on any atom is -0.462 e. The Morgan fingerprint density at radius 3 is 1.27 bits per heavy atom. The summed E-state index contributed by atoms with van der Waals surface area (Å²) < 4.78 is 16.3. The number of unbranched alkanes of at least 4 members (excludes halogenated alkanes) is 9. The van der Waals surface area contributed by atoms with E-state index < -0.39 is 6.10 Å². The van der Waals surface area contributed by atoms with Gasteiger partial charge in [0.2, 0.25) is 0 Å². The predicted molar refractivity (Wildman–Crippen MR) is 201 cm³/mol. The van der Waals surface area contributed by atoms with Gasteiger partial charge >= 0.3 is 17.9 Å². The summed E-state index contributed by atoms with van der Waals surface area (Å²) in [5, 5.41) is 0. The Labute approximate surface area is 293 Å². The minimum atomic E-state index is -0.795. The average molecular weight is 669 g/mol. The molecule has 0 N–H and O–H groups in total. The maximum atomic E-state index is 12.4. The predicted octanol–water partition coefficient (Wildman–Crippen LogP) is 11.6. The Balaban J connectivity index is 4.32. The van der Waals surface area contributed by atoms with Crippen molar-refractivity contribution in [2.24, 2.45) is 0 Å². The monoisotopic (exact) mass is 669 g/mol. The Morgan fingerprint density at radius 1 is 0.438 bits per heavy atom. The average Bonchev–Trinajstić information content (AvgIpc) is 3.08. The van der Waals surface area contributed by atoms with Crippen LogP contribution in [0.2, 0.25) is 0 Å². The van der Waals surface area contributed by atoms with E-state index in [0.29, 0.717) is 19.3 Å². The van der Waals surface area contributed by atoms with Gasteiger partial charge in [-0.15, -0.1) is 0 Å². The molecule has 0 fully saturated rings. The second-order valence-electron chi connectivity index (χ2n) is 12.1. The first-order chi connectivity index (χ1) is 23.5. The highest BCUT2D eigenvalue weighted by Crippen LogP contribution is 2.10.